The van der Waals surface area contributed by atoms with Crippen molar-refractivity contribution in [2.24, 2.45) is 5.92 Å². The zero-order valence-corrected chi connectivity index (χ0v) is 13.8. The molecule has 2 aliphatic heterocycles. The lowest BCUT2D eigenvalue weighted by Crippen LogP contribution is -2.42. The average molecular weight is 320 g/mol. The van der Waals surface area contributed by atoms with Gasteiger partial charge in [0.05, 0.1) is 7.11 Å². The first-order valence-electron chi connectivity index (χ1n) is 8.14. The van der Waals surface area contributed by atoms with Gasteiger partial charge in [-0.3, -0.25) is 4.79 Å². The van der Waals surface area contributed by atoms with Crippen molar-refractivity contribution in [2.45, 2.75) is 12.8 Å². The molecule has 2 aliphatic rings. The van der Waals surface area contributed by atoms with Crippen LogP contribution in [0.3, 0.4) is 0 Å². The third kappa shape index (κ3) is 3.37. The van der Waals surface area contributed by atoms with Crippen molar-refractivity contribution in [2.75, 3.05) is 47.0 Å². The van der Waals surface area contributed by atoms with Gasteiger partial charge in [0.15, 0.2) is 11.5 Å². The van der Waals surface area contributed by atoms with Crippen LogP contribution in [0.5, 0.6) is 17.2 Å². The number of amides is 1. The van der Waals surface area contributed by atoms with Crippen LogP contribution in [0.15, 0.2) is 12.1 Å². The predicted molar refractivity (Wildman–Crippen MR) is 86.5 cm³/mol. The van der Waals surface area contributed by atoms with Gasteiger partial charge in [0.25, 0.3) is 5.91 Å². The fourth-order valence-electron chi connectivity index (χ4n) is 3.28. The average Bonchev–Trinajstić information content (AvgIpc) is 2.60. The van der Waals surface area contributed by atoms with Crippen LogP contribution in [0.25, 0.3) is 0 Å². The van der Waals surface area contributed by atoms with Crippen molar-refractivity contribution in [3.63, 3.8) is 0 Å². The molecule has 1 unspecified atom stereocenters. The summed E-state index contributed by atoms with van der Waals surface area (Å²) in [5.41, 5.74) is 0.594. The van der Waals surface area contributed by atoms with Crippen LogP contribution in [-0.2, 0) is 0 Å². The van der Waals surface area contributed by atoms with Gasteiger partial charge in [0.1, 0.15) is 13.2 Å². The van der Waals surface area contributed by atoms with Gasteiger partial charge in [-0.25, -0.2) is 0 Å². The first kappa shape index (κ1) is 15.9. The quantitative estimate of drug-likeness (QED) is 0.912. The molecule has 1 N–H and O–H groups in total. The van der Waals surface area contributed by atoms with Gasteiger partial charge < -0.3 is 24.4 Å². The Hall–Kier alpha value is -1.95. The molecule has 126 valence electrons. The topological polar surface area (TPSA) is 60.0 Å². The smallest absolute Gasteiger partial charge is 0.254 e. The maximum Gasteiger partial charge on any atom is 0.254 e. The lowest BCUT2D eigenvalue weighted by Gasteiger charge is -2.33. The molecule has 0 aliphatic carbocycles. The van der Waals surface area contributed by atoms with Crippen molar-refractivity contribution in [1.82, 2.24) is 10.2 Å². The number of benzene rings is 1. The van der Waals surface area contributed by atoms with E-state index in [1.165, 1.54) is 0 Å². The summed E-state index contributed by atoms with van der Waals surface area (Å²) in [6, 6.07) is 3.51. The fourth-order valence-corrected chi connectivity index (χ4v) is 3.28. The summed E-state index contributed by atoms with van der Waals surface area (Å²) in [6.07, 6.45) is 2.20. The van der Waals surface area contributed by atoms with E-state index in [-0.39, 0.29) is 5.91 Å². The van der Waals surface area contributed by atoms with Crippen LogP contribution in [0.4, 0.5) is 0 Å². The number of likely N-dealkylation sites (tertiary alicyclic amines) is 1. The predicted octanol–water partition coefficient (Wildman–Crippen LogP) is 1.54. The number of carbonyl (C=O) groups excluding carboxylic acids is 1. The summed E-state index contributed by atoms with van der Waals surface area (Å²) in [5, 5.41) is 3.20. The highest BCUT2D eigenvalue weighted by molar-refractivity contribution is 5.95. The molecule has 1 atom stereocenters. The Bertz CT molecular complexity index is 557. The fraction of sp³-hybridized carbons (Fsp3) is 0.588. The number of fused-ring (bicyclic) bond motifs is 1. The molecule has 23 heavy (non-hydrogen) atoms. The van der Waals surface area contributed by atoms with E-state index in [4.69, 9.17) is 14.2 Å². The van der Waals surface area contributed by atoms with Crippen LogP contribution >= 0.6 is 0 Å². The van der Waals surface area contributed by atoms with E-state index in [2.05, 4.69) is 5.32 Å². The van der Waals surface area contributed by atoms with Gasteiger partial charge in [-0.15, -0.1) is 0 Å². The number of nitrogens with one attached hydrogen (secondary N) is 1. The van der Waals surface area contributed by atoms with E-state index < -0.39 is 0 Å². The van der Waals surface area contributed by atoms with Crippen molar-refractivity contribution in [1.29, 1.82) is 0 Å². The Kier molecular flexibility index (Phi) is 4.91. The third-order valence-electron chi connectivity index (χ3n) is 4.37. The maximum atomic E-state index is 12.9. The summed E-state index contributed by atoms with van der Waals surface area (Å²) in [6.45, 7) is 3.51. The van der Waals surface area contributed by atoms with E-state index in [0.717, 1.165) is 32.5 Å². The molecule has 1 fully saturated rings. The van der Waals surface area contributed by atoms with Gasteiger partial charge in [0.2, 0.25) is 5.75 Å². The van der Waals surface area contributed by atoms with Crippen LogP contribution in [-0.4, -0.2) is 57.8 Å². The number of methoxy groups -OCH3 is 1. The molecule has 0 aromatic heterocycles. The van der Waals surface area contributed by atoms with Gasteiger partial charge in [-0.05, 0) is 44.5 Å². The second kappa shape index (κ2) is 7.08. The zero-order chi connectivity index (χ0) is 16.2. The number of ether oxygens (including phenoxy) is 3. The van der Waals surface area contributed by atoms with Crippen molar-refractivity contribution in [3.05, 3.63) is 17.7 Å². The van der Waals surface area contributed by atoms with E-state index in [1.54, 1.807) is 19.2 Å². The standard InChI is InChI=1S/C17H24N2O4/c1-18-10-12-4-3-5-19(11-12)17(20)13-8-14(21-2)16-15(9-13)22-6-7-23-16/h8-9,12,18H,3-7,10-11H2,1-2H3. The lowest BCUT2D eigenvalue weighted by molar-refractivity contribution is 0.0672. The Morgan fingerprint density at radius 2 is 2.22 bits per heavy atom. The van der Waals surface area contributed by atoms with Crippen molar-refractivity contribution < 1.29 is 19.0 Å². The largest absolute Gasteiger partial charge is 0.493 e. The Morgan fingerprint density at radius 1 is 1.39 bits per heavy atom. The normalized spacial score (nSPS) is 20.3. The van der Waals surface area contributed by atoms with E-state index in [1.807, 2.05) is 11.9 Å². The highest BCUT2D eigenvalue weighted by atomic mass is 16.6. The Labute approximate surface area is 136 Å². The number of hydrogen-bond acceptors (Lipinski definition) is 5. The molecule has 0 bridgehead atoms. The van der Waals surface area contributed by atoms with Crippen LogP contribution in [0.2, 0.25) is 0 Å². The summed E-state index contributed by atoms with van der Waals surface area (Å²) >= 11 is 0. The van der Waals surface area contributed by atoms with Gasteiger partial charge >= 0.3 is 0 Å². The summed E-state index contributed by atoms with van der Waals surface area (Å²) in [5.74, 6) is 2.26. The number of nitrogens with zero attached hydrogens (tertiary/aromatic N) is 1. The van der Waals surface area contributed by atoms with Crippen LogP contribution in [0, 0.1) is 5.92 Å². The van der Waals surface area contributed by atoms with E-state index in [9.17, 15) is 4.79 Å². The number of carbonyl (C=O) groups is 1. The SMILES string of the molecule is CNCC1CCCN(C(=O)c2cc(OC)c3c(c2)OCCO3)C1. The number of hydrogen-bond donors (Lipinski definition) is 1. The molecule has 6 nitrogen and oxygen atoms in total. The van der Waals surface area contributed by atoms with Crippen LogP contribution in [0.1, 0.15) is 23.2 Å². The molecule has 2 heterocycles. The Morgan fingerprint density at radius 3 is 3.00 bits per heavy atom. The molecule has 3 rings (SSSR count). The summed E-state index contributed by atoms with van der Waals surface area (Å²) in [7, 11) is 3.53. The Balaban J connectivity index is 1.81. The number of piperidine rings is 1. The minimum Gasteiger partial charge on any atom is -0.493 e. The lowest BCUT2D eigenvalue weighted by atomic mass is 9.97. The zero-order valence-electron chi connectivity index (χ0n) is 13.8. The molecular weight excluding hydrogens is 296 g/mol. The molecule has 6 heteroatoms. The molecular formula is C17H24N2O4. The molecule has 1 aromatic carbocycles. The molecule has 0 saturated carbocycles. The first-order chi connectivity index (χ1) is 11.2. The number of rotatable bonds is 4. The molecule has 1 aromatic rings. The first-order valence-corrected chi connectivity index (χ1v) is 8.14. The second-order valence-corrected chi connectivity index (χ2v) is 6.02. The minimum atomic E-state index is 0.0288. The maximum absolute atomic E-state index is 12.9. The third-order valence-corrected chi connectivity index (χ3v) is 4.37. The van der Waals surface area contributed by atoms with Crippen LogP contribution < -0.4 is 19.5 Å². The van der Waals surface area contributed by atoms with Gasteiger partial charge in [0, 0.05) is 18.7 Å². The van der Waals surface area contributed by atoms with E-state index >= 15 is 0 Å². The van der Waals surface area contributed by atoms with Crippen molar-refractivity contribution >= 4 is 5.91 Å². The molecule has 0 radical (unpaired) electrons. The second-order valence-electron chi connectivity index (χ2n) is 6.02. The van der Waals surface area contributed by atoms with Crippen molar-refractivity contribution in [3.8, 4) is 17.2 Å². The van der Waals surface area contributed by atoms with E-state index in [0.29, 0.717) is 41.9 Å². The van der Waals surface area contributed by atoms with Gasteiger partial charge in [-0.2, -0.15) is 0 Å². The van der Waals surface area contributed by atoms with Gasteiger partial charge in [-0.1, -0.05) is 0 Å². The summed E-state index contributed by atoms with van der Waals surface area (Å²) in [4.78, 5) is 14.8. The molecule has 1 saturated heterocycles. The minimum absolute atomic E-state index is 0.0288. The molecule has 1 amide bonds. The molecule has 0 spiro atoms. The highest BCUT2D eigenvalue weighted by Crippen LogP contribution is 2.40. The highest BCUT2D eigenvalue weighted by Gasteiger charge is 2.27. The monoisotopic (exact) mass is 320 g/mol. The summed E-state index contributed by atoms with van der Waals surface area (Å²) < 4.78 is 16.6.